The number of sulfonamides is 1. The van der Waals surface area contributed by atoms with Gasteiger partial charge in [-0.25, -0.2) is 8.42 Å². The number of rotatable bonds is 8. The third-order valence-electron chi connectivity index (χ3n) is 5.40. The maximum absolute atomic E-state index is 13.6. The van der Waals surface area contributed by atoms with Crippen LogP contribution in [0.15, 0.2) is 71.6 Å². The molecule has 1 atom stereocenters. The second kappa shape index (κ2) is 10.3. The van der Waals surface area contributed by atoms with Gasteiger partial charge in [0.1, 0.15) is 12.3 Å². The van der Waals surface area contributed by atoms with Crippen molar-refractivity contribution >= 4 is 33.2 Å². The molecule has 0 aliphatic carbocycles. The molecule has 33 heavy (non-hydrogen) atoms. The predicted molar refractivity (Wildman–Crippen MR) is 131 cm³/mol. The first kappa shape index (κ1) is 24.6. The molecule has 3 aromatic carbocycles. The molecule has 3 rings (SSSR count). The average molecular weight is 487 g/mol. The summed E-state index contributed by atoms with van der Waals surface area (Å²) in [7, 11) is -2.43. The lowest BCUT2D eigenvalue weighted by Crippen LogP contribution is -2.42. The molecular formula is C25H27ClN2O4S. The molecule has 1 amide bonds. The van der Waals surface area contributed by atoms with E-state index in [1.54, 1.807) is 44.4 Å². The number of benzene rings is 3. The van der Waals surface area contributed by atoms with Gasteiger partial charge >= 0.3 is 0 Å². The minimum absolute atomic E-state index is 0.100. The normalized spacial score (nSPS) is 12.2. The van der Waals surface area contributed by atoms with E-state index in [1.165, 1.54) is 12.1 Å². The van der Waals surface area contributed by atoms with Gasteiger partial charge in [-0.2, -0.15) is 0 Å². The number of carbonyl (C=O) groups is 1. The van der Waals surface area contributed by atoms with Crippen LogP contribution in [0, 0.1) is 13.8 Å². The number of halogens is 1. The number of nitrogens with one attached hydrogen (secondary N) is 1. The molecule has 174 valence electrons. The molecule has 0 radical (unpaired) electrons. The highest BCUT2D eigenvalue weighted by Gasteiger charge is 2.29. The van der Waals surface area contributed by atoms with Crippen LogP contribution in [0.3, 0.4) is 0 Å². The predicted octanol–water partition coefficient (Wildman–Crippen LogP) is 5.04. The van der Waals surface area contributed by atoms with Crippen LogP contribution in [0.5, 0.6) is 5.75 Å². The van der Waals surface area contributed by atoms with E-state index in [0.29, 0.717) is 22.0 Å². The molecule has 0 spiro atoms. The SMILES string of the molecule is COc1ccc(C(C)NC(=O)CN(c2cccc(Cl)c2C)S(=O)(=O)c2ccc(C)cc2)cc1. The second-order valence-electron chi connectivity index (χ2n) is 7.77. The monoisotopic (exact) mass is 486 g/mol. The largest absolute Gasteiger partial charge is 0.497 e. The van der Waals surface area contributed by atoms with E-state index in [0.717, 1.165) is 15.4 Å². The Bertz CT molecular complexity index is 1230. The van der Waals surface area contributed by atoms with Gasteiger partial charge in [-0.15, -0.1) is 0 Å². The zero-order valence-corrected chi connectivity index (χ0v) is 20.6. The van der Waals surface area contributed by atoms with Crippen molar-refractivity contribution in [2.75, 3.05) is 18.0 Å². The van der Waals surface area contributed by atoms with Crippen molar-refractivity contribution in [1.29, 1.82) is 0 Å². The summed E-state index contributed by atoms with van der Waals surface area (Å²) in [5.74, 6) is 0.275. The lowest BCUT2D eigenvalue weighted by Gasteiger charge is -2.27. The highest BCUT2D eigenvalue weighted by atomic mass is 35.5. The van der Waals surface area contributed by atoms with Gasteiger partial charge < -0.3 is 10.1 Å². The summed E-state index contributed by atoms with van der Waals surface area (Å²) in [5.41, 5.74) is 2.74. The van der Waals surface area contributed by atoms with E-state index in [2.05, 4.69) is 5.32 Å². The number of carbonyl (C=O) groups excluding carboxylic acids is 1. The van der Waals surface area contributed by atoms with Crippen LogP contribution in [0.1, 0.15) is 29.7 Å². The number of hydrogen-bond donors (Lipinski definition) is 1. The first-order valence-corrected chi connectivity index (χ1v) is 12.2. The maximum Gasteiger partial charge on any atom is 0.264 e. The number of anilines is 1. The molecule has 0 aliphatic rings. The topological polar surface area (TPSA) is 75.7 Å². The zero-order chi connectivity index (χ0) is 24.2. The Balaban J connectivity index is 1.91. The van der Waals surface area contributed by atoms with Gasteiger partial charge in [-0.1, -0.05) is 47.5 Å². The first-order chi connectivity index (χ1) is 15.6. The zero-order valence-electron chi connectivity index (χ0n) is 19.0. The van der Waals surface area contributed by atoms with Gasteiger partial charge in [0.15, 0.2) is 0 Å². The van der Waals surface area contributed by atoms with Gasteiger partial charge in [0.25, 0.3) is 10.0 Å². The van der Waals surface area contributed by atoms with E-state index in [9.17, 15) is 13.2 Å². The Morgan fingerprint density at radius 2 is 1.67 bits per heavy atom. The molecule has 6 nitrogen and oxygen atoms in total. The molecular weight excluding hydrogens is 460 g/mol. The molecule has 0 saturated heterocycles. The van der Waals surface area contributed by atoms with Crippen LogP contribution in [-0.2, 0) is 14.8 Å². The standard InChI is InChI=1S/C25H27ClN2O4S/c1-17-8-14-22(15-9-17)33(30,31)28(24-7-5-6-23(26)18(24)2)16-25(29)27-19(3)20-10-12-21(32-4)13-11-20/h5-15,19H,16H2,1-4H3,(H,27,29). The Labute approximate surface area is 200 Å². The van der Waals surface area contributed by atoms with Gasteiger partial charge in [0.05, 0.1) is 23.7 Å². The molecule has 0 fully saturated rings. The lowest BCUT2D eigenvalue weighted by atomic mass is 10.1. The fraction of sp³-hybridized carbons (Fsp3) is 0.240. The minimum Gasteiger partial charge on any atom is -0.497 e. The molecule has 1 N–H and O–H groups in total. The molecule has 0 aliphatic heterocycles. The Morgan fingerprint density at radius 3 is 2.27 bits per heavy atom. The first-order valence-electron chi connectivity index (χ1n) is 10.4. The van der Waals surface area contributed by atoms with E-state index in [4.69, 9.17) is 16.3 Å². The third kappa shape index (κ3) is 5.67. The van der Waals surface area contributed by atoms with Crippen molar-refractivity contribution in [1.82, 2.24) is 5.32 Å². The summed E-state index contributed by atoms with van der Waals surface area (Å²) < 4.78 is 33.4. The summed E-state index contributed by atoms with van der Waals surface area (Å²) in [6.07, 6.45) is 0. The van der Waals surface area contributed by atoms with Crippen molar-refractivity contribution < 1.29 is 17.9 Å². The van der Waals surface area contributed by atoms with E-state index in [1.807, 2.05) is 38.1 Å². The van der Waals surface area contributed by atoms with Crippen molar-refractivity contribution in [3.05, 3.63) is 88.4 Å². The number of aryl methyl sites for hydroxylation is 1. The summed E-state index contributed by atoms with van der Waals surface area (Å²) in [5, 5.41) is 3.30. The van der Waals surface area contributed by atoms with Gasteiger partial charge in [-0.3, -0.25) is 9.10 Å². The Kier molecular flexibility index (Phi) is 7.66. The molecule has 8 heteroatoms. The molecule has 0 bridgehead atoms. The lowest BCUT2D eigenvalue weighted by molar-refractivity contribution is -0.120. The van der Waals surface area contributed by atoms with E-state index < -0.39 is 22.5 Å². The van der Waals surface area contributed by atoms with Crippen LogP contribution in [-0.4, -0.2) is 28.0 Å². The van der Waals surface area contributed by atoms with Crippen molar-refractivity contribution in [2.24, 2.45) is 0 Å². The summed E-state index contributed by atoms with van der Waals surface area (Å²) in [6.45, 7) is 5.05. The Hall–Kier alpha value is -3.03. The highest BCUT2D eigenvalue weighted by Crippen LogP contribution is 2.31. The van der Waals surface area contributed by atoms with E-state index >= 15 is 0 Å². The second-order valence-corrected chi connectivity index (χ2v) is 10.0. The summed E-state index contributed by atoms with van der Waals surface area (Å²) in [4.78, 5) is 13.1. The maximum atomic E-state index is 13.6. The van der Waals surface area contributed by atoms with Gasteiger partial charge in [0.2, 0.25) is 5.91 Å². The quantitative estimate of drug-likeness (QED) is 0.484. The fourth-order valence-corrected chi connectivity index (χ4v) is 5.04. The van der Waals surface area contributed by atoms with Crippen LogP contribution in [0.2, 0.25) is 5.02 Å². The number of methoxy groups -OCH3 is 1. The average Bonchev–Trinajstić information content (AvgIpc) is 2.79. The van der Waals surface area contributed by atoms with Crippen molar-refractivity contribution in [2.45, 2.75) is 31.7 Å². The van der Waals surface area contributed by atoms with Crippen molar-refractivity contribution in [3.8, 4) is 5.75 Å². The highest BCUT2D eigenvalue weighted by molar-refractivity contribution is 7.92. The number of hydrogen-bond acceptors (Lipinski definition) is 4. The summed E-state index contributed by atoms with van der Waals surface area (Å²) >= 11 is 6.27. The minimum atomic E-state index is -4.02. The molecule has 3 aromatic rings. The smallest absolute Gasteiger partial charge is 0.264 e. The Morgan fingerprint density at radius 1 is 1.03 bits per heavy atom. The van der Waals surface area contributed by atoms with Crippen LogP contribution >= 0.6 is 11.6 Å². The number of nitrogens with zero attached hydrogens (tertiary/aromatic N) is 1. The molecule has 0 saturated carbocycles. The van der Waals surface area contributed by atoms with Crippen LogP contribution in [0.4, 0.5) is 5.69 Å². The number of ether oxygens (including phenoxy) is 1. The number of amides is 1. The van der Waals surface area contributed by atoms with Crippen LogP contribution < -0.4 is 14.4 Å². The molecule has 0 heterocycles. The molecule has 1 unspecified atom stereocenters. The van der Waals surface area contributed by atoms with Crippen molar-refractivity contribution in [3.63, 3.8) is 0 Å². The van der Waals surface area contributed by atoms with E-state index in [-0.39, 0.29) is 10.9 Å². The van der Waals surface area contributed by atoms with Gasteiger partial charge in [-0.05, 0) is 68.3 Å². The van der Waals surface area contributed by atoms with Crippen LogP contribution in [0.25, 0.3) is 0 Å². The fourth-order valence-electron chi connectivity index (χ4n) is 3.40. The summed E-state index contributed by atoms with van der Waals surface area (Å²) in [6, 6.07) is 18.5. The van der Waals surface area contributed by atoms with Gasteiger partial charge in [0, 0.05) is 5.02 Å². The third-order valence-corrected chi connectivity index (χ3v) is 7.58. The molecule has 0 aromatic heterocycles.